The van der Waals surface area contributed by atoms with Gasteiger partial charge < -0.3 is 5.73 Å². The zero-order valence-electron chi connectivity index (χ0n) is 12.4. The van der Waals surface area contributed by atoms with E-state index < -0.39 is 10.0 Å². The average molecular weight is 398 g/mol. The number of sulfonamides is 1. The van der Waals surface area contributed by atoms with E-state index in [2.05, 4.69) is 15.9 Å². The van der Waals surface area contributed by atoms with Crippen molar-refractivity contribution in [2.75, 3.05) is 18.8 Å². The number of nitrogen functional groups attached to an aromatic ring is 1. The molecule has 0 aliphatic heterocycles. The molecule has 0 unspecified atom stereocenters. The van der Waals surface area contributed by atoms with Crippen molar-refractivity contribution in [3.63, 3.8) is 0 Å². The first-order chi connectivity index (χ1) is 9.84. The normalized spacial score (nSPS) is 12.0. The van der Waals surface area contributed by atoms with Crippen molar-refractivity contribution in [2.24, 2.45) is 0 Å². The fourth-order valence-corrected chi connectivity index (χ4v) is 4.70. The lowest BCUT2D eigenvalue weighted by Gasteiger charge is -2.23. The monoisotopic (exact) mass is 396 g/mol. The van der Waals surface area contributed by atoms with Gasteiger partial charge in [-0.1, -0.05) is 38.3 Å². The molecule has 0 heterocycles. The Kier molecular flexibility index (Phi) is 7.47. The maximum atomic E-state index is 12.9. The first-order valence-electron chi connectivity index (χ1n) is 7.09. The largest absolute Gasteiger partial charge is 0.398 e. The number of nitrogens with two attached hydrogens (primary N) is 1. The number of hydrogen-bond donors (Lipinski definition) is 1. The number of anilines is 1. The van der Waals surface area contributed by atoms with E-state index in [-0.39, 0.29) is 4.90 Å². The zero-order chi connectivity index (χ0) is 16.0. The molecule has 0 atom stereocenters. The quantitative estimate of drug-likeness (QED) is 0.666. The van der Waals surface area contributed by atoms with Crippen molar-refractivity contribution in [3.05, 3.63) is 21.6 Å². The van der Waals surface area contributed by atoms with Crippen LogP contribution in [0.15, 0.2) is 21.5 Å². The van der Waals surface area contributed by atoms with Crippen LogP contribution in [0.5, 0.6) is 0 Å². The first kappa shape index (κ1) is 18.7. The summed E-state index contributed by atoms with van der Waals surface area (Å²) in [4.78, 5) is 0.139. The number of rotatable bonds is 8. The predicted octanol–water partition coefficient (Wildman–Crippen LogP) is 4.28. The predicted molar refractivity (Wildman–Crippen MR) is 92.1 cm³/mol. The number of nitrogens with zero attached hydrogens (tertiary/aromatic N) is 1. The van der Waals surface area contributed by atoms with Gasteiger partial charge in [0.1, 0.15) is 0 Å². The molecule has 0 radical (unpaired) electrons. The fourth-order valence-electron chi connectivity index (χ4n) is 1.93. The minimum atomic E-state index is -3.60. The molecule has 2 N–H and O–H groups in total. The molecule has 0 aromatic heterocycles. The van der Waals surface area contributed by atoms with E-state index in [4.69, 9.17) is 17.3 Å². The molecule has 0 aliphatic rings. The average Bonchev–Trinajstić information content (AvgIpc) is 2.42. The van der Waals surface area contributed by atoms with Crippen LogP contribution >= 0.6 is 27.5 Å². The van der Waals surface area contributed by atoms with Crippen LogP contribution in [0, 0.1) is 0 Å². The molecular weight excluding hydrogens is 376 g/mol. The van der Waals surface area contributed by atoms with Gasteiger partial charge in [-0.15, -0.1) is 0 Å². The number of unbranched alkanes of at least 4 members (excludes halogenated alkanes) is 2. The lowest BCUT2D eigenvalue weighted by molar-refractivity contribution is 0.395. The van der Waals surface area contributed by atoms with E-state index >= 15 is 0 Å². The van der Waals surface area contributed by atoms with Crippen molar-refractivity contribution in [1.82, 2.24) is 4.31 Å². The molecule has 0 spiro atoms. The molecule has 0 amide bonds. The third-order valence-corrected chi connectivity index (χ3v) is 6.46. The smallest absolute Gasteiger partial charge is 0.244 e. The number of halogens is 2. The highest BCUT2D eigenvalue weighted by atomic mass is 79.9. The zero-order valence-corrected chi connectivity index (χ0v) is 15.6. The van der Waals surface area contributed by atoms with Crippen LogP contribution in [-0.2, 0) is 10.0 Å². The number of hydrogen-bond acceptors (Lipinski definition) is 3. The lowest BCUT2D eigenvalue weighted by Crippen LogP contribution is -2.33. The van der Waals surface area contributed by atoms with Crippen molar-refractivity contribution in [1.29, 1.82) is 0 Å². The summed E-state index contributed by atoms with van der Waals surface area (Å²) >= 11 is 9.22. The maximum absolute atomic E-state index is 12.9. The Hall–Kier alpha value is -0.300. The van der Waals surface area contributed by atoms with E-state index in [0.29, 0.717) is 28.3 Å². The third kappa shape index (κ3) is 4.84. The van der Waals surface area contributed by atoms with Crippen LogP contribution in [-0.4, -0.2) is 25.8 Å². The Balaban J connectivity index is 3.21. The Morgan fingerprint density at radius 1 is 1.19 bits per heavy atom. The van der Waals surface area contributed by atoms with Gasteiger partial charge in [0.25, 0.3) is 0 Å². The standard InChI is InChI=1S/C14H22BrClN2O2S/c1-3-5-7-18(8-6-4-2)21(19,20)13-10-11(16)9-12(17)14(13)15/h9-10H,3-8,17H2,1-2H3. The molecule has 0 saturated carbocycles. The molecule has 0 saturated heterocycles. The summed E-state index contributed by atoms with van der Waals surface area (Å²) in [6.07, 6.45) is 3.54. The molecular formula is C14H22BrClN2O2S. The highest BCUT2D eigenvalue weighted by Crippen LogP contribution is 2.33. The van der Waals surface area contributed by atoms with E-state index in [1.807, 2.05) is 13.8 Å². The van der Waals surface area contributed by atoms with Crippen molar-refractivity contribution >= 4 is 43.2 Å². The minimum Gasteiger partial charge on any atom is -0.398 e. The van der Waals surface area contributed by atoms with Gasteiger partial charge in [0.15, 0.2) is 0 Å². The van der Waals surface area contributed by atoms with Gasteiger partial charge in [0.05, 0.1) is 9.37 Å². The number of benzene rings is 1. The molecule has 1 aromatic rings. The summed E-state index contributed by atoms with van der Waals surface area (Å²) in [5.74, 6) is 0. The van der Waals surface area contributed by atoms with Crippen LogP contribution in [0.4, 0.5) is 5.69 Å². The van der Waals surface area contributed by atoms with Gasteiger partial charge in [0, 0.05) is 23.8 Å². The lowest BCUT2D eigenvalue weighted by atomic mass is 10.3. The molecule has 7 heteroatoms. The van der Waals surface area contributed by atoms with Gasteiger partial charge in [-0.3, -0.25) is 0 Å². The van der Waals surface area contributed by atoms with Gasteiger partial charge in [-0.25, -0.2) is 8.42 Å². The Labute approximate surface area is 140 Å². The molecule has 0 bridgehead atoms. The summed E-state index contributed by atoms with van der Waals surface area (Å²) in [6, 6.07) is 2.98. The summed E-state index contributed by atoms with van der Waals surface area (Å²) < 4.78 is 27.6. The minimum absolute atomic E-state index is 0.139. The fraction of sp³-hybridized carbons (Fsp3) is 0.571. The topological polar surface area (TPSA) is 63.4 Å². The van der Waals surface area contributed by atoms with E-state index in [0.717, 1.165) is 25.7 Å². The molecule has 0 aliphatic carbocycles. The Morgan fingerprint density at radius 3 is 2.19 bits per heavy atom. The van der Waals surface area contributed by atoms with E-state index in [1.54, 1.807) is 0 Å². The van der Waals surface area contributed by atoms with Crippen LogP contribution in [0.1, 0.15) is 39.5 Å². The molecule has 1 rings (SSSR count). The van der Waals surface area contributed by atoms with Gasteiger partial charge in [0.2, 0.25) is 10.0 Å². The third-order valence-electron chi connectivity index (χ3n) is 3.17. The van der Waals surface area contributed by atoms with Gasteiger partial charge in [-0.2, -0.15) is 4.31 Å². The van der Waals surface area contributed by atoms with Crippen LogP contribution in [0.3, 0.4) is 0 Å². The van der Waals surface area contributed by atoms with Gasteiger partial charge in [-0.05, 0) is 40.9 Å². The summed E-state index contributed by atoms with van der Waals surface area (Å²) in [6.45, 7) is 5.10. The van der Waals surface area contributed by atoms with Crippen molar-refractivity contribution < 1.29 is 8.42 Å². The molecule has 0 fully saturated rings. The van der Waals surface area contributed by atoms with Gasteiger partial charge >= 0.3 is 0 Å². The van der Waals surface area contributed by atoms with Crippen molar-refractivity contribution in [2.45, 2.75) is 44.4 Å². The maximum Gasteiger partial charge on any atom is 0.244 e. The summed E-state index contributed by atoms with van der Waals surface area (Å²) in [5.41, 5.74) is 6.13. The second-order valence-corrected chi connectivity index (χ2v) is 8.05. The molecule has 21 heavy (non-hydrogen) atoms. The van der Waals surface area contributed by atoms with Crippen LogP contribution in [0.2, 0.25) is 5.02 Å². The van der Waals surface area contributed by atoms with E-state index in [1.165, 1.54) is 16.4 Å². The van der Waals surface area contributed by atoms with E-state index in [9.17, 15) is 8.42 Å². The SMILES string of the molecule is CCCCN(CCCC)S(=O)(=O)c1cc(Cl)cc(N)c1Br. The molecule has 4 nitrogen and oxygen atoms in total. The first-order valence-corrected chi connectivity index (χ1v) is 9.70. The Morgan fingerprint density at radius 2 is 1.71 bits per heavy atom. The molecule has 120 valence electrons. The summed E-state index contributed by atoms with van der Waals surface area (Å²) in [5, 5.41) is 0.320. The van der Waals surface area contributed by atoms with Crippen LogP contribution < -0.4 is 5.73 Å². The summed E-state index contributed by atoms with van der Waals surface area (Å²) in [7, 11) is -3.60. The van der Waals surface area contributed by atoms with Crippen LogP contribution in [0.25, 0.3) is 0 Å². The van der Waals surface area contributed by atoms with Crippen molar-refractivity contribution in [3.8, 4) is 0 Å². The highest BCUT2D eigenvalue weighted by molar-refractivity contribution is 9.10. The second-order valence-electron chi connectivity index (χ2n) is 4.92. The molecule has 1 aromatic carbocycles. The Bertz CT molecular complexity index is 571. The highest BCUT2D eigenvalue weighted by Gasteiger charge is 2.27. The second kappa shape index (κ2) is 8.36.